The summed E-state index contributed by atoms with van der Waals surface area (Å²) >= 11 is 0. The van der Waals surface area contributed by atoms with Crippen LogP contribution in [0.4, 0.5) is 0 Å². The lowest BCUT2D eigenvalue weighted by Gasteiger charge is -2.37. The van der Waals surface area contributed by atoms with E-state index < -0.39 is 0 Å². The minimum Gasteiger partial charge on any atom is -0.297 e. The average Bonchev–Trinajstić information content (AvgIpc) is 2.58. The highest BCUT2D eigenvalue weighted by Gasteiger charge is 2.25. The van der Waals surface area contributed by atoms with Crippen molar-refractivity contribution in [1.29, 1.82) is 0 Å². The van der Waals surface area contributed by atoms with Gasteiger partial charge in [-0.3, -0.25) is 9.88 Å². The number of hydrogen-bond donors (Lipinski definition) is 0. The maximum atomic E-state index is 4.22. The largest absolute Gasteiger partial charge is 0.297 e. The van der Waals surface area contributed by atoms with Crippen molar-refractivity contribution in [3.63, 3.8) is 0 Å². The maximum absolute atomic E-state index is 4.22. The van der Waals surface area contributed by atoms with Crippen LogP contribution in [0.1, 0.15) is 86.3 Å². The molecule has 0 aromatic carbocycles. The van der Waals surface area contributed by atoms with Crippen LogP contribution in [-0.2, 0) is 0 Å². The molecule has 2 rings (SSSR count). The summed E-state index contributed by atoms with van der Waals surface area (Å²) in [4.78, 5) is 6.75. The zero-order valence-electron chi connectivity index (χ0n) is 15.3. The van der Waals surface area contributed by atoms with Crippen molar-refractivity contribution >= 4 is 0 Å². The summed E-state index contributed by atoms with van der Waals surface area (Å²) in [5, 5.41) is 0. The van der Waals surface area contributed by atoms with E-state index in [1.165, 1.54) is 31.2 Å². The number of rotatable bonds is 3. The Morgan fingerprint density at radius 1 is 1.09 bits per heavy atom. The minimum absolute atomic E-state index is 0. The van der Waals surface area contributed by atoms with Crippen LogP contribution >= 0.6 is 0 Å². The molecule has 0 amide bonds. The van der Waals surface area contributed by atoms with Crippen LogP contribution < -0.4 is 0 Å². The van der Waals surface area contributed by atoms with Gasteiger partial charge in [-0.25, -0.2) is 0 Å². The van der Waals surface area contributed by atoms with Crippen LogP contribution in [0.5, 0.6) is 0 Å². The molecule has 1 aliphatic carbocycles. The third kappa shape index (κ3) is 7.40. The molecule has 1 saturated carbocycles. The predicted octanol–water partition coefficient (Wildman–Crippen LogP) is 6.34. The molecular weight excluding hydrogens is 268 g/mol. The summed E-state index contributed by atoms with van der Waals surface area (Å²) in [6.07, 6.45) is 9.30. The van der Waals surface area contributed by atoms with Gasteiger partial charge in [0.1, 0.15) is 0 Å². The molecule has 0 aliphatic heterocycles. The second-order valence-corrected chi connectivity index (χ2v) is 5.54. The topological polar surface area (TPSA) is 16.1 Å². The van der Waals surface area contributed by atoms with Crippen LogP contribution in [0.25, 0.3) is 0 Å². The molecule has 0 bridgehead atoms. The minimum atomic E-state index is 0. The lowest BCUT2D eigenvalue weighted by atomic mass is 9.86. The van der Waals surface area contributed by atoms with Crippen molar-refractivity contribution in [1.82, 2.24) is 9.88 Å². The molecule has 1 fully saturated rings. The maximum Gasteiger partial charge on any atom is 0.0335 e. The SMILES string of the molecule is C.CC.CC.CC1CCC(N(C)C(C)c2cccnc2)CC1. The van der Waals surface area contributed by atoms with Gasteiger partial charge in [0.05, 0.1) is 0 Å². The molecule has 2 nitrogen and oxygen atoms in total. The zero-order valence-corrected chi connectivity index (χ0v) is 15.3. The van der Waals surface area contributed by atoms with E-state index in [4.69, 9.17) is 0 Å². The molecule has 130 valence electrons. The van der Waals surface area contributed by atoms with Gasteiger partial charge in [-0.2, -0.15) is 0 Å². The lowest BCUT2D eigenvalue weighted by Crippen LogP contribution is -2.36. The Balaban J connectivity index is 0. The van der Waals surface area contributed by atoms with Crippen molar-refractivity contribution in [2.45, 2.75) is 86.7 Å². The molecule has 1 aromatic heterocycles. The van der Waals surface area contributed by atoms with E-state index in [9.17, 15) is 0 Å². The summed E-state index contributed by atoms with van der Waals surface area (Å²) < 4.78 is 0. The van der Waals surface area contributed by atoms with Gasteiger partial charge in [0.25, 0.3) is 0 Å². The number of aromatic nitrogens is 1. The van der Waals surface area contributed by atoms with E-state index in [1.54, 1.807) is 0 Å². The van der Waals surface area contributed by atoms with E-state index in [2.05, 4.69) is 36.8 Å². The number of nitrogens with zero attached hydrogens (tertiary/aromatic N) is 2. The first-order chi connectivity index (χ1) is 10.2. The van der Waals surface area contributed by atoms with Gasteiger partial charge >= 0.3 is 0 Å². The van der Waals surface area contributed by atoms with Gasteiger partial charge < -0.3 is 0 Å². The molecule has 2 heteroatoms. The molecule has 1 aliphatic rings. The molecule has 0 spiro atoms. The molecule has 0 saturated heterocycles. The first kappa shape index (κ1) is 23.4. The Labute approximate surface area is 140 Å². The van der Waals surface area contributed by atoms with Crippen molar-refractivity contribution < 1.29 is 0 Å². The molecule has 0 radical (unpaired) electrons. The van der Waals surface area contributed by atoms with Crippen molar-refractivity contribution in [2.75, 3.05) is 7.05 Å². The van der Waals surface area contributed by atoms with Gasteiger partial charge in [-0.15, -0.1) is 0 Å². The van der Waals surface area contributed by atoms with Crippen molar-refractivity contribution in [2.24, 2.45) is 5.92 Å². The molecule has 1 aromatic rings. The van der Waals surface area contributed by atoms with Gasteiger partial charge in [0, 0.05) is 24.5 Å². The molecular formula is C20H40N2. The van der Waals surface area contributed by atoms with E-state index in [0.717, 1.165) is 12.0 Å². The number of hydrogen-bond acceptors (Lipinski definition) is 2. The Morgan fingerprint density at radius 3 is 2.09 bits per heavy atom. The second-order valence-electron chi connectivity index (χ2n) is 5.54. The first-order valence-electron chi connectivity index (χ1n) is 8.80. The highest BCUT2D eigenvalue weighted by atomic mass is 15.2. The Bertz CT molecular complexity index is 329. The second kappa shape index (κ2) is 13.8. The highest BCUT2D eigenvalue weighted by Crippen LogP contribution is 2.30. The molecule has 1 heterocycles. The highest BCUT2D eigenvalue weighted by molar-refractivity contribution is 5.13. The molecule has 22 heavy (non-hydrogen) atoms. The standard InChI is InChI=1S/C15H24N2.2C2H6.CH4/c1-12-6-8-15(9-7-12)17(3)13(2)14-5-4-10-16-11-14;2*1-2;/h4-5,10-13,15H,6-9H2,1-3H3;2*1-2H3;1H4. The summed E-state index contributed by atoms with van der Waals surface area (Å²) in [5.41, 5.74) is 1.33. The third-order valence-corrected chi connectivity index (χ3v) is 4.34. The summed E-state index contributed by atoms with van der Waals surface area (Å²) in [7, 11) is 2.26. The van der Waals surface area contributed by atoms with Crippen LogP contribution in [0.2, 0.25) is 0 Å². The van der Waals surface area contributed by atoms with Crippen LogP contribution in [-0.4, -0.2) is 23.0 Å². The molecule has 1 atom stereocenters. The van der Waals surface area contributed by atoms with Gasteiger partial charge in [0.15, 0.2) is 0 Å². The molecule has 0 N–H and O–H groups in total. The van der Waals surface area contributed by atoms with Gasteiger partial charge in [-0.1, -0.05) is 48.1 Å². The Morgan fingerprint density at radius 2 is 1.64 bits per heavy atom. The fourth-order valence-corrected chi connectivity index (χ4v) is 2.82. The van der Waals surface area contributed by atoms with Gasteiger partial charge in [0.2, 0.25) is 0 Å². The average molecular weight is 309 g/mol. The zero-order chi connectivity index (χ0) is 16.3. The lowest BCUT2D eigenvalue weighted by molar-refractivity contribution is 0.131. The number of pyridine rings is 1. The van der Waals surface area contributed by atoms with Crippen LogP contribution in [0.15, 0.2) is 24.5 Å². The van der Waals surface area contributed by atoms with E-state index >= 15 is 0 Å². The third-order valence-electron chi connectivity index (χ3n) is 4.34. The summed E-state index contributed by atoms with van der Waals surface area (Å²) in [6.45, 7) is 12.7. The Hall–Kier alpha value is -0.890. The normalized spacial score (nSPS) is 21.5. The van der Waals surface area contributed by atoms with E-state index in [-0.39, 0.29) is 7.43 Å². The molecule has 1 unspecified atom stereocenters. The van der Waals surface area contributed by atoms with Gasteiger partial charge in [-0.05, 0) is 57.2 Å². The Kier molecular flexibility index (Phi) is 14.6. The monoisotopic (exact) mass is 308 g/mol. The summed E-state index contributed by atoms with van der Waals surface area (Å²) in [6, 6.07) is 5.44. The fourth-order valence-electron chi connectivity index (χ4n) is 2.82. The van der Waals surface area contributed by atoms with Crippen molar-refractivity contribution in [3.05, 3.63) is 30.1 Å². The predicted molar refractivity (Wildman–Crippen MR) is 101 cm³/mol. The fraction of sp³-hybridized carbons (Fsp3) is 0.750. The summed E-state index contributed by atoms with van der Waals surface area (Å²) in [5.74, 6) is 0.924. The van der Waals surface area contributed by atoms with E-state index in [1.807, 2.05) is 46.2 Å². The first-order valence-corrected chi connectivity index (χ1v) is 8.80. The van der Waals surface area contributed by atoms with Crippen LogP contribution in [0, 0.1) is 5.92 Å². The quantitative estimate of drug-likeness (QED) is 0.647. The smallest absolute Gasteiger partial charge is 0.0335 e. The van der Waals surface area contributed by atoms with E-state index in [0.29, 0.717) is 6.04 Å². The van der Waals surface area contributed by atoms with Crippen molar-refractivity contribution in [3.8, 4) is 0 Å². The van der Waals surface area contributed by atoms with Crippen LogP contribution in [0.3, 0.4) is 0 Å².